The Labute approximate surface area is 145 Å². The van der Waals surface area contributed by atoms with Gasteiger partial charge in [-0.25, -0.2) is 4.79 Å². The summed E-state index contributed by atoms with van der Waals surface area (Å²) < 4.78 is 1.15. The van der Waals surface area contributed by atoms with Crippen molar-refractivity contribution in [2.45, 2.75) is 45.2 Å². The van der Waals surface area contributed by atoms with E-state index in [0.717, 1.165) is 30.3 Å². The molecule has 132 valence electrons. The lowest BCUT2D eigenvalue weighted by Crippen LogP contribution is -2.39. The number of aromatic amines is 1. The van der Waals surface area contributed by atoms with E-state index in [1.54, 1.807) is 31.2 Å². The molecule has 1 N–H and O–H groups in total. The number of benzene rings is 1. The molecule has 6 heteroatoms. The molecule has 0 atom stereocenters. The minimum absolute atomic E-state index is 0.0887. The molecule has 3 rings (SSSR count). The number of hydrogen-bond acceptors (Lipinski definition) is 3. The van der Waals surface area contributed by atoms with Gasteiger partial charge in [-0.05, 0) is 38.0 Å². The third kappa shape index (κ3) is 3.16. The quantitative estimate of drug-likeness (QED) is 0.848. The summed E-state index contributed by atoms with van der Waals surface area (Å²) >= 11 is 0. The highest BCUT2D eigenvalue weighted by atomic mass is 16.2. The van der Waals surface area contributed by atoms with Gasteiger partial charge in [-0.1, -0.05) is 18.9 Å². The van der Waals surface area contributed by atoms with E-state index in [1.807, 2.05) is 4.90 Å². The second kappa shape index (κ2) is 7.09. The molecule has 1 aromatic carbocycles. The molecule has 0 radical (unpaired) electrons. The van der Waals surface area contributed by atoms with Gasteiger partial charge in [-0.15, -0.1) is 6.58 Å². The van der Waals surface area contributed by atoms with Crippen molar-refractivity contribution in [3.05, 3.63) is 57.3 Å². The molecule has 1 aliphatic carbocycles. The number of hydrogen-bond donors (Lipinski definition) is 1. The zero-order valence-corrected chi connectivity index (χ0v) is 14.5. The number of nitrogens with one attached hydrogen (secondary N) is 1. The zero-order valence-electron chi connectivity index (χ0n) is 14.5. The van der Waals surface area contributed by atoms with Gasteiger partial charge in [0.25, 0.3) is 11.5 Å². The molecule has 6 nitrogen and oxygen atoms in total. The molecule has 1 saturated carbocycles. The molecule has 1 amide bonds. The van der Waals surface area contributed by atoms with Crippen LogP contribution in [0.2, 0.25) is 0 Å². The van der Waals surface area contributed by atoms with E-state index in [4.69, 9.17) is 0 Å². The van der Waals surface area contributed by atoms with Gasteiger partial charge in [0.05, 0.1) is 10.9 Å². The van der Waals surface area contributed by atoms with E-state index in [2.05, 4.69) is 11.6 Å². The van der Waals surface area contributed by atoms with Gasteiger partial charge < -0.3 is 9.88 Å². The van der Waals surface area contributed by atoms with Crippen LogP contribution in [0.15, 0.2) is 40.4 Å². The lowest BCUT2D eigenvalue weighted by molar-refractivity contribution is 0.0706. The maximum Gasteiger partial charge on any atom is 0.328 e. The number of carbonyl (C=O) groups is 1. The molecular formula is C19H23N3O3. The van der Waals surface area contributed by atoms with Gasteiger partial charge in [-0.3, -0.25) is 14.2 Å². The number of H-pyrrole nitrogens is 1. The van der Waals surface area contributed by atoms with E-state index >= 15 is 0 Å². The molecule has 0 unspecified atom stereocenters. The number of aromatic nitrogens is 2. The number of nitrogens with zero attached hydrogens (tertiary/aromatic N) is 2. The monoisotopic (exact) mass is 341 g/mol. The van der Waals surface area contributed by atoms with Crippen LogP contribution >= 0.6 is 0 Å². The highest BCUT2D eigenvalue weighted by Gasteiger charge is 2.26. The summed E-state index contributed by atoms with van der Waals surface area (Å²) in [6.45, 7) is 6.30. The molecule has 1 aliphatic rings. The SMILES string of the molecule is C=CCN(C(=O)c1ccc2c(=O)n(CC)c(=O)[nH]c2c1)C1CCCC1. The minimum atomic E-state index is -0.455. The average molecular weight is 341 g/mol. The van der Waals surface area contributed by atoms with Gasteiger partial charge in [0.2, 0.25) is 0 Å². The van der Waals surface area contributed by atoms with E-state index in [9.17, 15) is 14.4 Å². The summed E-state index contributed by atoms with van der Waals surface area (Å²) in [4.78, 5) is 41.9. The van der Waals surface area contributed by atoms with Gasteiger partial charge in [0.1, 0.15) is 0 Å². The summed E-state index contributed by atoms with van der Waals surface area (Å²) in [5.74, 6) is -0.0887. The average Bonchev–Trinajstić information content (AvgIpc) is 3.13. The highest BCUT2D eigenvalue weighted by molar-refractivity contribution is 5.97. The number of amides is 1. The predicted octanol–water partition coefficient (Wildman–Crippen LogP) is 2.28. The smallest absolute Gasteiger partial charge is 0.328 e. The van der Waals surface area contributed by atoms with Gasteiger partial charge >= 0.3 is 5.69 Å². The standard InChI is InChI=1S/C19H23N3O3/c1-3-11-22(14-7-5-6-8-14)17(23)13-9-10-15-16(12-13)20-19(25)21(4-2)18(15)24/h3,9-10,12,14H,1,4-8,11H2,2H3,(H,20,25). The maximum absolute atomic E-state index is 13.0. The Kier molecular flexibility index (Phi) is 4.88. The zero-order chi connectivity index (χ0) is 18.0. The first-order valence-electron chi connectivity index (χ1n) is 8.75. The Morgan fingerprint density at radius 3 is 2.72 bits per heavy atom. The summed E-state index contributed by atoms with van der Waals surface area (Å²) in [6, 6.07) is 5.11. The molecule has 1 heterocycles. The van der Waals surface area contributed by atoms with Crippen molar-refractivity contribution in [2.75, 3.05) is 6.54 Å². The summed E-state index contributed by atoms with van der Waals surface area (Å²) in [7, 11) is 0. The second-order valence-electron chi connectivity index (χ2n) is 6.42. The molecule has 25 heavy (non-hydrogen) atoms. The number of carbonyl (C=O) groups excluding carboxylic acids is 1. The van der Waals surface area contributed by atoms with Crippen LogP contribution in [0.5, 0.6) is 0 Å². The summed E-state index contributed by atoms with van der Waals surface area (Å²) in [5.41, 5.74) is 0.0865. The van der Waals surface area contributed by atoms with Gasteiger partial charge in [-0.2, -0.15) is 0 Å². The minimum Gasteiger partial charge on any atom is -0.332 e. The first-order chi connectivity index (χ1) is 12.1. The van der Waals surface area contributed by atoms with Crippen molar-refractivity contribution in [1.29, 1.82) is 0 Å². The van der Waals surface area contributed by atoms with Crippen LogP contribution in [0.3, 0.4) is 0 Å². The van der Waals surface area contributed by atoms with Crippen LogP contribution < -0.4 is 11.2 Å². The molecular weight excluding hydrogens is 318 g/mol. The first kappa shape index (κ1) is 17.2. The van der Waals surface area contributed by atoms with Crippen molar-refractivity contribution in [2.24, 2.45) is 0 Å². The van der Waals surface area contributed by atoms with E-state index < -0.39 is 5.69 Å². The first-order valence-corrected chi connectivity index (χ1v) is 8.75. The lowest BCUT2D eigenvalue weighted by atomic mass is 10.1. The van der Waals surface area contributed by atoms with Crippen molar-refractivity contribution in [3.8, 4) is 0 Å². The number of rotatable bonds is 5. The van der Waals surface area contributed by atoms with Gasteiger partial charge in [0, 0.05) is 24.7 Å². The summed E-state index contributed by atoms with van der Waals surface area (Å²) in [5, 5.41) is 0.411. The second-order valence-corrected chi connectivity index (χ2v) is 6.42. The third-order valence-corrected chi connectivity index (χ3v) is 4.90. The fraction of sp³-hybridized carbons (Fsp3) is 0.421. The van der Waals surface area contributed by atoms with Crippen LogP contribution in [0.1, 0.15) is 43.0 Å². The molecule has 0 saturated heterocycles. The Morgan fingerprint density at radius 1 is 1.36 bits per heavy atom. The normalized spacial score (nSPS) is 14.8. The topological polar surface area (TPSA) is 75.2 Å². The Bertz CT molecular complexity index is 920. The van der Waals surface area contributed by atoms with E-state index in [0.29, 0.717) is 29.6 Å². The van der Waals surface area contributed by atoms with E-state index in [1.165, 1.54) is 0 Å². The molecule has 2 aromatic rings. The van der Waals surface area contributed by atoms with Crippen molar-refractivity contribution in [1.82, 2.24) is 14.5 Å². The Morgan fingerprint density at radius 2 is 2.08 bits per heavy atom. The summed E-state index contributed by atoms with van der Waals surface area (Å²) in [6.07, 6.45) is 6.01. The molecule has 1 fully saturated rings. The molecule has 1 aromatic heterocycles. The van der Waals surface area contributed by atoms with Crippen molar-refractivity contribution in [3.63, 3.8) is 0 Å². The lowest BCUT2D eigenvalue weighted by Gasteiger charge is -2.28. The van der Waals surface area contributed by atoms with E-state index in [-0.39, 0.29) is 17.5 Å². The van der Waals surface area contributed by atoms with Crippen molar-refractivity contribution < 1.29 is 4.79 Å². The van der Waals surface area contributed by atoms with Crippen LogP contribution in [-0.2, 0) is 6.54 Å². The molecule has 0 aliphatic heterocycles. The maximum atomic E-state index is 13.0. The Balaban J connectivity index is 2.03. The van der Waals surface area contributed by atoms with Crippen LogP contribution in [0.4, 0.5) is 0 Å². The van der Waals surface area contributed by atoms with Crippen LogP contribution in [0.25, 0.3) is 10.9 Å². The number of fused-ring (bicyclic) bond motifs is 1. The molecule has 0 bridgehead atoms. The fourth-order valence-electron chi connectivity index (χ4n) is 3.59. The van der Waals surface area contributed by atoms with Crippen molar-refractivity contribution >= 4 is 16.8 Å². The largest absolute Gasteiger partial charge is 0.332 e. The molecule has 0 spiro atoms. The Hall–Kier alpha value is -2.63. The van der Waals surface area contributed by atoms with Crippen LogP contribution in [-0.4, -0.2) is 32.9 Å². The highest BCUT2D eigenvalue weighted by Crippen LogP contribution is 2.25. The predicted molar refractivity (Wildman–Crippen MR) is 98.0 cm³/mol. The van der Waals surface area contributed by atoms with Crippen LogP contribution in [0, 0.1) is 0 Å². The van der Waals surface area contributed by atoms with Gasteiger partial charge in [0.15, 0.2) is 0 Å². The third-order valence-electron chi connectivity index (χ3n) is 4.90. The fourth-order valence-corrected chi connectivity index (χ4v) is 3.59.